The Hall–Kier alpha value is -3.41. The zero-order valence-corrected chi connectivity index (χ0v) is 20.1. The van der Waals surface area contributed by atoms with Gasteiger partial charge in [0.1, 0.15) is 11.4 Å². The highest BCUT2D eigenvalue weighted by Gasteiger charge is 2.22. The van der Waals surface area contributed by atoms with E-state index in [1.165, 1.54) is 22.5 Å². The second-order valence-corrected chi connectivity index (χ2v) is 9.11. The molecule has 0 aliphatic rings. The Bertz CT molecular complexity index is 1400. The second kappa shape index (κ2) is 8.85. The third-order valence-electron chi connectivity index (χ3n) is 5.54. The van der Waals surface area contributed by atoms with Gasteiger partial charge in [0.25, 0.3) is 0 Å². The van der Waals surface area contributed by atoms with E-state index in [9.17, 15) is 0 Å². The number of hydrogen-bond donors (Lipinski definition) is 0. The molecule has 33 heavy (non-hydrogen) atoms. The van der Waals surface area contributed by atoms with E-state index < -0.39 is 0 Å². The molecule has 0 amide bonds. The van der Waals surface area contributed by atoms with Crippen LogP contribution in [0.15, 0.2) is 78.2 Å². The van der Waals surface area contributed by atoms with Crippen LogP contribution in [0.4, 0.5) is 0 Å². The van der Waals surface area contributed by atoms with Gasteiger partial charge in [-0.15, -0.1) is 11.3 Å². The zero-order chi connectivity index (χ0) is 22.9. The van der Waals surface area contributed by atoms with E-state index >= 15 is 0 Å². The lowest BCUT2D eigenvalue weighted by Gasteiger charge is -2.06. The Labute approximate surface area is 202 Å². The predicted molar refractivity (Wildman–Crippen MR) is 137 cm³/mol. The van der Waals surface area contributed by atoms with Crippen molar-refractivity contribution in [1.29, 1.82) is 0 Å². The summed E-state index contributed by atoms with van der Waals surface area (Å²) in [6.07, 6.45) is 0. The van der Waals surface area contributed by atoms with Crippen molar-refractivity contribution < 1.29 is 4.74 Å². The third kappa shape index (κ3) is 4.17. The van der Waals surface area contributed by atoms with Gasteiger partial charge in [-0.2, -0.15) is 5.10 Å². The lowest BCUT2D eigenvalue weighted by Crippen LogP contribution is -1.99. The summed E-state index contributed by atoms with van der Waals surface area (Å²) < 4.78 is 7.13. The van der Waals surface area contributed by atoms with Crippen LogP contribution in [-0.2, 0) is 0 Å². The van der Waals surface area contributed by atoms with Crippen LogP contribution in [0.2, 0.25) is 5.02 Å². The molecule has 0 unspecified atom stereocenters. The number of halogens is 1. The quantitative estimate of drug-likeness (QED) is 0.265. The lowest BCUT2D eigenvalue weighted by molar-refractivity contribution is 0.415. The van der Waals surface area contributed by atoms with Crippen molar-refractivity contribution in [2.45, 2.75) is 13.8 Å². The number of aromatic nitrogens is 3. The molecule has 0 spiro atoms. The smallest absolute Gasteiger partial charge is 0.211 e. The van der Waals surface area contributed by atoms with Gasteiger partial charge in [-0.25, -0.2) is 9.67 Å². The van der Waals surface area contributed by atoms with Gasteiger partial charge in [-0.3, -0.25) is 0 Å². The number of benzene rings is 3. The summed E-state index contributed by atoms with van der Waals surface area (Å²) in [6.45, 7) is 4.14. The van der Waals surface area contributed by atoms with Crippen molar-refractivity contribution in [2.24, 2.45) is 0 Å². The van der Waals surface area contributed by atoms with Crippen LogP contribution in [0.5, 0.6) is 5.75 Å². The number of hydrogen-bond acceptors (Lipinski definition) is 4. The largest absolute Gasteiger partial charge is 0.497 e. The highest BCUT2D eigenvalue weighted by atomic mass is 35.5. The molecule has 0 bridgehead atoms. The lowest BCUT2D eigenvalue weighted by atomic mass is 10.1. The second-order valence-electron chi connectivity index (χ2n) is 7.90. The van der Waals surface area contributed by atoms with E-state index in [-0.39, 0.29) is 0 Å². The Morgan fingerprint density at radius 3 is 1.97 bits per heavy atom. The first-order chi connectivity index (χ1) is 16.0. The summed E-state index contributed by atoms with van der Waals surface area (Å²) in [5.74, 6) is 0.817. The number of nitrogens with zero attached hydrogens (tertiary/aromatic N) is 3. The number of aryl methyl sites for hydroxylation is 2. The Balaban J connectivity index is 1.64. The fourth-order valence-corrected chi connectivity index (χ4v) is 4.77. The molecule has 0 saturated heterocycles. The van der Waals surface area contributed by atoms with Crippen LogP contribution in [0.3, 0.4) is 0 Å². The third-order valence-corrected chi connectivity index (χ3v) is 6.71. The molecule has 0 aliphatic carbocycles. The van der Waals surface area contributed by atoms with E-state index in [0.717, 1.165) is 44.7 Å². The first-order valence-electron chi connectivity index (χ1n) is 10.6. The van der Waals surface area contributed by atoms with Gasteiger partial charge in [0.15, 0.2) is 0 Å². The van der Waals surface area contributed by atoms with E-state index in [2.05, 4.69) is 62.4 Å². The summed E-state index contributed by atoms with van der Waals surface area (Å²) in [5, 5.41) is 8.34. The van der Waals surface area contributed by atoms with E-state index in [1.807, 2.05) is 34.3 Å². The van der Waals surface area contributed by atoms with Crippen LogP contribution in [0, 0.1) is 13.8 Å². The minimum Gasteiger partial charge on any atom is -0.497 e. The molecule has 2 heterocycles. The van der Waals surface area contributed by atoms with Crippen LogP contribution < -0.4 is 4.74 Å². The summed E-state index contributed by atoms with van der Waals surface area (Å²) in [5.41, 5.74) is 7.84. The molecule has 2 aromatic heterocycles. The van der Waals surface area contributed by atoms with Gasteiger partial charge < -0.3 is 4.74 Å². The van der Waals surface area contributed by atoms with E-state index in [0.29, 0.717) is 5.02 Å². The molecular formula is C27H22ClN3OS. The van der Waals surface area contributed by atoms with Gasteiger partial charge in [0.2, 0.25) is 5.13 Å². The first-order valence-corrected chi connectivity index (χ1v) is 11.8. The van der Waals surface area contributed by atoms with E-state index in [1.54, 1.807) is 7.11 Å². The SMILES string of the molecule is COc1ccc(-c2csc(-n3nc(-c4ccc(C)cc4)c(Cl)c3-c3ccc(C)cc3)n2)cc1. The normalized spacial score (nSPS) is 11.0. The molecule has 5 aromatic rings. The minimum absolute atomic E-state index is 0.615. The van der Waals surface area contributed by atoms with Crippen LogP contribution in [0.1, 0.15) is 11.1 Å². The topological polar surface area (TPSA) is 39.9 Å². The van der Waals surface area contributed by atoms with Crippen molar-refractivity contribution >= 4 is 22.9 Å². The fourth-order valence-electron chi connectivity index (χ4n) is 3.65. The standard InChI is InChI=1S/C27H22ClN3OS/c1-17-4-8-20(9-5-17)25-24(28)26(21-10-6-18(2)7-11-21)31(30-25)27-29-23(16-33-27)19-12-14-22(32-3)15-13-19/h4-16H,1-3H3. The number of rotatable bonds is 5. The van der Waals surface area contributed by atoms with E-state index in [4.69, 9.17) is 26.4 Å². The monoisotopic (exact) mass is 471 g/mol. The molecule has 0 N–H and O–H groups in total. The first kappa shape index (κ1) is 21.4. The molecule has 0 aliphatic heterocycles. The Morgan fingerprint density at radius 1 is 0.788 bits per heavy atom. The minimum atomic E-state index is 0.615. The summed E-state index contributed by atoms with van der Waals surface area (Å²) in [4.78, 5) is 4.89. The molecular weight excluding hydrogens is 450 g/mol. The predicted octanol–water partition coefficient (Wildman–Crippen LogP) is 7.61. The Morgan fingerprint density at radius 2 is 1.36 bits per heavy atom. The molecule has 5 rings (SSSR count). The van der Waals surface area contributed by atoms with Crippen molar-refractivity contribution in [3.8, 4) is 44.7 Å². The summed E-state index contributed by atoms with van der Waals surface area (Å²) in [6, 6.07) is 24.4. The van der Waals surface area contributed by atoms with Crippen molar-refractivity contribution in [1.82, 2.24) is 14.8 Å². The number of methoxy groups -OCH3 is 1. The van der Waals surface area contributed by atoms with Gasteiger partial charge >= 0.3 is 0 Å². The molecule has 0 atom stereocenters. The molecule has 3 aromatic carbocycles. The summed E-state index contributed by atoms with van der Waals surface area (Å²) in [7, 11) is 1.66. The average molecular weight is 472 g/mol. The maximum atomic E-state index is 6.96. The average Bonchev–Trinajstić information content (AvgIpc) is 3.45. The van der Waals surface area contributed by atoms with Gasteiger partial charge in [0, 0.05) is 22.1 Å². The molecule has 0 fully saturated rings. The summed E-state index contributed by atoms with van der Waals surface area (Å²) >= 11 is 8.50. The maximum absolute atomic E-state index is 6.96. The zero-order valence-electron chi connectivity index (χ0n) is 18.5. The van der Waals surface area contributed by atoms with Gasteiger partial charge in [-0.1, -0.05) is 71.3 Å². The van der Waals surface area contributed by atoms with Crippen LogP contribution >= 0.6 is 22.9 Å². The maximum Gasteiger partial charge on any atom is 0.211 e. The highest BCUT2D eigenvalue weighted by molar-refractivity contribution is 7.12. The van der Waals surface area contributed by atoms with Gasteiger partial charge in [-0.05, 0) is 38.1 Å². The van der Waals surface area contributed by atoms with Crippen molar-refractivity contribution in [3.63, 3.8) is 0 Å². The van der Waals surface area contributed by atoms with Crippen molar-refractivity contribution in [3.05, 3.63) is 94.3 Å². The van der Waals surface area contributed by atoms with Gasteiger partial charge in [0.05, 0.1) is 23.5 Å². The van der Waals surface area contributed by atoms with Crippen LogP contribution in [-0.4, -0.2) is 21.9 Å². The highest BCUT2D eigenvalue weighted by Crippen LogP contribution is 2.39. The Kier molecular flexibility index (Phi) is 5.75. The molecule has 0 radical (unpaired) electrons. The number of ether oxygens (including phenoxy) is 1. The number of thiazole rings is 1. The fraction of sp³-hybridized carbons (Fsp3) is 0.111. The van der Waals surface area contributed by atoms with Crippen molar-refractivity contribution in [2.75, 3.05) is 7.11 Å². The molecule has 0 saturated carbocycles. The van der Waals surface area contributed by atoms with Crippen LogP contribution in [0.25, 0.3) is 38.9 Å². The molecule has 4 nitrogen and oxygen atoms in total. The molecule has 6 heteroatoms. The molecule has 164 valence electrons.